The highest BCUT2D eigenvalue weighted by atomic mass is 32.2. The summed E-state index contributed by atoms with van der Waals surface area (Å²) in [6, 6.07) is 6.13. The molecule has 0 N–H and O–H groups in total. The largest absolute Gasteiger partial charge is 0.480 e. The van der Waals surface area contributed by atoms with Crippen LogP contribution in [0.15, 0.2) is 22.4 Å². The number of rotatable bonds is 5. The number of aromatic nitrogens is 1. The number of nitriles is 1. The van der Waals surface area contributed by atoms with Gasteiger partial charge in [0, 0.05) is 17.5 Å². The van der Waals surface area contributed by atoms with Crippen molar-refractivity contribution < 1.29 is 22.3 Å². The first-order valence-corrected chi connectivity index (χ1v) is 11.0. The molecular weight excluding hydrogens is 417 g/mol. The summed E-state index contributed by atoms with van der Waals surface area (Å²) in [6.45, 7) is 5.84. The standard InChI is InChI=1S/C19H20FN3O4S2/c1-11-18(28-12(2)22-11)29(25,26)23-10-19(3,4)16(17(23)24)27-15-6-5-13(9-21)14(7-15)8-20/h5-7,16H,8,10H2,1-4H3. The lowest BCUT2D eigenvalue weighted by molar-refractivity contribution is -0.130. The second kappa shape index (κ2) is 7.39. The number of amides is 1. The van der Waals surface area contributed by atoms with E-state index in [9.17, 15) is 17.6 Å². The first-order valence-electron chi connectivity index (χ1n) is 8.77. The zero-order chi connectivity index (χ0) is 21.6. The van der Waals surface area contributed by atoms with Crippen LogP contribution < -0.4 is 4.74 Å². The first kappa shape index (κ1) is 21.2. The van der Waals surface area contributed by atoms with Gasteiger partial charge in [-0.15, -0.1) is 11.3 Å². The van der Waals surface area contributed by atoms with E-state index in [-0.39, 0.29) is 27.6 Å². The highest BCUT2D eigenvalue weighted by molar-refractivity contribution is 7.91. The van der Waals surface area contributed by atoms with Gasteiger partial charge >= 0.3 is 0 Å². The number of carbonyl (C=O) groups excluding carboxylic acids is 1. The fourth-order valence-corrected chi connectivity index (χ4v) is 6.41. The van der Waals surface area contributed by atoms with E-state index in [2.05, 4.69) is 4.98 Å². The third-order valence-corrected chi connectivity index (χ3v) is 8.11. The molecule has 1 aromatic heterocycles. The molecule has 1 aliphatic rings. The summed E-state index contributed by atoms with van der Waals surface area (Å²) in [6.07, 6.45) is -1.08. The quantitative estimate of drug-likeness (QED) is 0.713. The molecule has 0 spiro atoms. The Morgan fingerprint density at radius 2 is 2.10 bits per heavy atom. The van der Waals surface area contributed by atoms with Crippen LogP contribution >= 0.6 is 11.3 Å². The van der Waals surface area contributed by atoms with Gasteiger partial charge in [-0.25, -0.2) is 22.1 Å². The highest BCUT2D eigenvalue weighted by Gasteiger charge is 2.53. The van der Waals surface area contributed by atoms with Crippen LogP contribution in [0.1, 0.15) is 35.7 Å². The van der Waals surface area contributed by atoms with Crippen molar-refractivity contribution in [2.75, 3.05) is 6.54 Å². The minimum atomic E-state index is -4.06. The van der Waals surface area contributed by atoms with Gasteiger partial charge in [0.15, 0.2) is 10.3 Å². The molecule has 0 radical (unpaired) electrons. The Morgan fingerprint density at radius 3 is 2.66 bits per heavy atom. The van der Waals surface area contributed by atoms with E-state index in [0.29, 0.717) is 10.7 Å². The van der Waals surface area contributed by atoms with Crippen molar-refractivity contribution in [3.63, 3.8) is 0 Å². The van der Waals surface area contributed by atoms with Crippen molar-refractivity contribution in [1.82, 2.24) is 9.29 Å². The van der Waals surface area contributed by atoms with E-state index >= 15 is 0 Å². The zero-order valence-corrected chi connectivity index (χ0v) is 18.0. The molecule has 2 aromatic rings. The summed E-state index contributed by atoms with van der Waals surface area (Å²) in [5, 5.41) is 9.61. The van der Waals surface area contributed by atoms with Crippen LogP contribution in [0, 0.1) is 30.6 Å². The smallest absolute Gasteiger partial charge is 0.278 e. The molecule has 1 aromatic carbocycles. The van der Waals surface area contributed by atoms with Gasteiger partial charge < -0.3 is 4.74 Å². The maximum Gasteiger partial charge on any atom is 0.278 e. The van der Waals surface area contributed by atoms with E-state index in [1.807, 2.05) is 6.07 Å². The molecule has 154 valence electrons. The summed E-state index contributed by atoms with van der Waals surface area (Å²) >= 11 is 1.02. The number of nitrogens with zero attached hydrogens (tertiary/aromatic N) is 3. The Labute approximate surface area is 172 Å². The predicted octanol–water partition coefficient (Wildman–Crippen LogP) is 3.11. The lowest BCUT2D eigenvalue weighted by Gasteiger charge is -2.24. The Morgan fingerprint density at radius 1 is 1.41 bits per heavy atom. The summed E-state index contributed by atoms with van der Waals surface area (Å²) < 4.78 is 46.0. The van der Waals surface area contributed by atoms with Crippen LogP contribution in [0.3, 0.4) is 0 Å². The minimum absolute atomic E-state index is 0.0397. The Balaban J connectivity index is 1.93. The van der Waals surface area contributed by atoms with Gasteiger partial charge in [-0.2, -0.15) is 5.26 Å². The van der Waals surface area contributed by atoms with Gasteiger partial charge in [0.2, 0.25) is 0 Å². The average Bonchev–Trinajstić information content (AvgIpc) is 3.12. The number of sulfonamides is 1. The van der Waals surface area contributed by atoms with Gasteiger partial charge in [0.1, 0.15) is 12.4 Å². The number of hydrogen-bond donors (Lipinski definition) is 0. The van der Waals surface area contributed by atoms with Crippen LogP contribution in [0.25, 0.3) is 0 Å². The summed E-state index contributed by atoms with van der Waals surface area (Å²) in [4.78, 5) is 17.2. The third-order valence-electron chi connectivity index (χ3n) is 4.71. The highest BCUT2D eigenvalue weighted by Crippen LogP contribution is 2.38. The predicted molar refractivity (Wildman–Crippen MR) is 105 cm³/mol. The van der Waals surface area contributed by atoms with Gasteiger partial charge in [-0.3, -0.25) is 4.79 Å². The monoisotopic (exact) mass is 437 g/mol. The number of ether oxygens (including phenoxy) is 1. The zero-order valence-electron chi connectivity index (χ0n) is 16.4. The van der Waals surface area contributed by atoms with E-state index in [0.717, 1.165) is 15.6 Å². The van der Waals surface area contributed by atoms with Crippen LogP contribution in [0.4, 0.5) is 4.39 Å². The Kier molecular flexibility index (Phi) is 5.40. The number of carbonyl (C=O) groups is 1. The van der Waals surface area contributed by atoms with Crippen LogP contribution in [0.2, 0.25) is 0 Å². The summed E-state index contributed by atoms with van der Waals surface area (Å²) in [7, 11) is -4.06. The van der Waals surface area contributed by atoms with Crippen molar-refractivity contribution >= 4 is 27.3 Å². The number of alkyl halides is 1. The molecule has 1 aliphatic heterocycles. The molecule has 1 atom stereocenters. The molecule has 2 heterocycles. The molecule has 3 rings (SSSR count). The van der Waals surface area contributed by atoms with E-state index in [1.54, 1.807) is 27.7 Å². The maximum absolute atomic E-state index is 13.2. The van der Waals surface area contributed by atoms with Gasteiger partial charge in [-0.05, 0) is 32.0 Å². The van der Waals surface area contributed by atoms with E-state index < -0.39 is 34.1 Å². The van der Waals surface area contributed by atoms with Gasteiger partial charge in [0.25, 0.3) is 15.9 Å². The maximum atomic E-state index is 13.2. The molecular formula is C19H20FN3O4S2. The van der Waals surface area contributed by atoms with E-state index in [4.69, 9.17) is 10.00 Å². The fourth-order valence-electron chi connectivity index (χ4n) is 3.26. The lowest BCUT2D eigenvalue weighted by Crippen LogP contribution is -2.38. The number of halogens is 1. The average molecular weight is 438 g/mol. The van der Waals surface area contributed by atoms with Gasteiger partial charge in [0.05, 0.1) is 22.3 Å². The lowest BCUT2D eigenvalue weighted by atomic mass is 9.89. The summed E-state index contributed by atoms with van der Waals surface area (Å²) in [5.74, 6) is -0.487. The number of thiazole rings is 1. The normalized spacial score (nSPS) is 18.7. The van der Waals surface area contributed by atoms with Crippen molar-refractivity contribution in [1.29, 1.82) is 5.26 Å². The van der Waals surface area contributed by atoms with Crippen LogP contribution in [0.5, 0.6) is 5.75 Å². The van der Waals surface area contributed by atoms with Crippen molar-refractivity contribution in [3.05, 3.63) is 40.0 Å². The molecule has 0 saturated carbocycles. The third kappa shape index (κ3) is 3.72. The number of aryl methyl sites for hydroxylation is 2. The Bertz CT molecular complexity index is 1120. The van der Waals surface area contributed by atoms with Gasteiger partial charge in [-0.1, -0.05) is 13.8 Å². The topological polar surface area (TPSA) is 100 Å². The minimum Gasteiger partial charge on any atom is -0.480 e. The van der Waals surface area contributed by atoms with Crippen molar-refractivity contribution in [3.8, 4) is 11.8 Å². The fraction of sp³-hybridized carbons (Fsp3) is 0.421. The molecule has 10 heteroatoms. The molecule has 1 fully saturated rings. The molecule has 1 amide bonds. The molecule has 29 heavy (non-hydrogen) atoms. The summed E-state index contributed by atoms with van der Waals surface area (Å²) in [5.41, 5.74) is -0.144. The van der Waals surface area contributed by atoms with Crippen molar-refractivity contribution in [2.24, 2.45) is 5.41 Å². The van der Waals surface area contributed by atoms with Crippen molar-refractivity contribution in [2.45, 2.75) is 44.7 Å². The second-order valence-corrected chi connectivity index (χ2v) is 10.8. The molecule has 0 bridgehead atoms. The molecule has 1 saturated heterocycles. The number of hydrogen-bond acceptors (Lipinski definition) is 7. The van der Waals surface area contributed by atoms with E-state index in [1.165, 1.54) is 18.2 Å². The molecule has 1 unspecified atom stereocenters. The second-order valence-electron chi connectivity index (χ2n) is 7.51. The SMILES string of the molecule is Cc1nc(C)c(S(=O)(=O)N2CC(C)(C)C(Oc3ccc(C#N)c(CF)c3)C2=O)s1. The number of benzene rings is 1. The first-order chi connectivity index (χ1) is 13.5. The Hall–Kier alpha value is -2.51. The van der Waals surface area contributed by atoms with Crippen LogP contribution in [-0.4, -0.2) is 36.3 Å². The molecule has 7 nitrogen and oxygen atoms in total. The van der Waals surface area contributed by atoms with Crippen LogP contribution in [-0.2, 0) is 21.5 Å². The molecule has 0 aliphatic carbocycles.